The van der Waals surface area contributed by atoms with Gasteiger partial charge in [-0.2, -0.15) is 0 Å². The molecule has 1 atom stereocenters. The van der Waals surface area contributed by atoms with E-state index in [4.69, 9.17) is 0 Å². The van der Waals surface area contributed by atoms with E-state index in [1.807, 2.05) is 35.2 Å². The maximum atomic E-state index is 12.9. The van der Waals surface area contributed by atoms with Crippen molar-refractivity contribution in [3.05, 3.63) is 71.3 Å². The number of nitrogens with zero attached hydrogens (tertiary/aromatic N) is 2. The molecule has 1 saturated heterocycles. The zero-order chi connectivity index (χ0) is 22.3. The van der Waals surface area contributed by atoms with E-state index >= 15 is 0 Å². The summed E-state index contributed by atoms with van der Waals surface area (Å²) in [7, 11) is 0. The van der Waals surface area contributed by atoms with E-state index in [2.05, 4.69) is 29.2 Å². The predicted molar refractivity (Wildman–Crippen MR) is 126 cm³/mol. The third kappa shape index (κ3) is 5.84. The molecule has 2 fully saturated rings. The molecule has 5 nitrogen and oxygen atoms in total. The highest BCUT2D eigenvalue weighted by molar-refractivity contribution is 5.98. The van der Waals surface area contributed by atoms with E-state index < -0.39 is 12.0 Å². The van der Waals surface area contributed by atoms with Gasteiger partial charge < -0.3 is 5.11 Å². The number of ketones is 1. The lowest BCUT2D eigenvalue weighted by molar-refractivity contribution is -0.144. The highest BCUT2D eigenvalue weighted by Gasteiger charge is 2.31. The van der Waals surface area contributed by atoms with Gasteiger partial charge in [0.05, 0.1) is 0 Å². The molecule has 0 radical (unpaired) electrons. The fourth-order valence-corrected chi connectivity index (χ4v) is 5.12. The van der Waals surface area contributed by atoms with Crippen molar-refractivity contribution in [2.24, 2.45) is 0 Å². The van der Waals surface area contributed by atoms with Crippen LogP contribution in [-0.2, 0) is 11.3 Å². The Bertz CT molecular complexity index is 883. The molecular weight excluding hydrogens is 400 g/mol. The van der Waals surface area contributed by atoms with Gasteiger partial charge in [-0.25, -0.2) is 0 Å². The molecule has 0 aromatic heterocycles. The first kappa shape index (κ1) is 22.7. The van der Waals surface area contributed by atoms with Crippen molar-refractivity contribution < 1.29 is 14.7 Å². The number of Topliss-reactive ketones (excluding diaryl/α,β-unsaturated/α-hetero) is 1. The molecule has 4 rings (SSSR count). The lowest BCUT2D eigenvalue weighted by Gasteiger charge is -2.37. The summed E-state index contributed by atoms with van der Waals surface area (Å²) in [6.45, 7) is 3.82. The van der Waals surface area contributed by atoms with Crippen LogP contribution in [0.15, 0.2) is 54.6 Å². The molecule has 1 unspecified atom stereocenters. The summed E-state index contributed by atoms with van der Waals surface area (Å²) < 4.78 is 0. The van der Waals surface area contributed by atoms with Crippen molar-refractivity contribution in [3.63, 3.8) is 0 Å². The van der Waals surface area contributed by atoms with Gasteiger partial charge in [0.1, 0.15) is 6.04 Å². The molecule has 1 heterocycles. The molecular formula is C27H34N2O3. The molecule has 0 bridgehead atoms. The van der Waals surface area contributed by atoms with Crippen LogP contribution in [0.3, 0.4) is 0 Å². The molecule has 0 amide bonds. The fourth-order valence-electron chi connectivity index (χ4n) is 5.12. The quantitative estimate of drug-likeness (QED) is 0.617. The van der Waals surface area contributed by atoms with E-state index in [0.29, 0.717) is 24.6 Å². The number of hydrogen-bond acceptors (Lipinski definition) is 4. The number of rotatable bonds is 8. The third-order valence-corrected chi connectivity index (χ3v) is 7.07. The van der Waals surface area contributed by atoms with E-state index in [9.17, 15) is 14.7 Å². The number of aliphatic carboxylic acids is 1. The maximum Gasteiger partial charge on any atom is 0.321 e. The van der Waals surface area contributed by atoms with Gasteiger partial charge in [-0.1, -0.05) is 73.9 Å². The standard InChI is InChI=1S/C27H34N2O3/c30-26(24-13-11-23(12-14-24)22-9-5-2-6-10-22)19-25(27(31)32)29-17-15-28(16-18-29)20-21-7-3-1-4-8-21/h1,3-4,7-8,11-14,22,25H,2,5-6,9-10,15-20H2,(H,31,32). The first-order valence-electron chi connectivity index (χ1n) is 12.0. The summed E-state index contributed by atoms with van der Waals surface area (Å²) in [6, 6.07) is 17.5. The van der Waals surface area contributed by atoms with Crippen molar-refractivity contribution in [3.8, 4) is 0 Å². The summed E-state index contributed by atoms with van der Waals surface area (Å²) in [4.78, 5) is 29.2. The first-order valence-corrected chi connectivity index (χ1v) is 12.0. The summed E-state index contributed by atoms with van der Waals surface area (Å²) in [6.07, 6.45) is 6.37. The SMILES string of the molecule is O=C(CC(C(=O)O)N1CCN(Cc2ccccc2)CC1)c1ccc(C2CCCCC2)cc1. The van der Waals surface area contributed by atoms with Gasteiger partial charge in [0.2, 0.25) is 0 Å². The lowest BCUT2D eigenvalue weighted by Crippen LogP contribution is -2.52. The van der Waals surface area contributed by atoms with E-state index in [1.54, 1.807) is 0 Å². The van der Waals surface area contributed by atoms with Crippen LogP contribution in [0, 0.1) is 0 Å². The number of carboxylic acid groups (broad SMARTS) is 1. The van der Waals surface area contributed by atoms with Gasteiger partial charge in [0.15, 0.2) is 5.78 Å². The molecule has 32 heavy (non-hydrogen) atoms. The normalized spacial score (nSPS) is 19.5. The summed E-state index contributed by atoms with van der Waals surface area (Å²) >= 11 is 0. The second-order valence-corrected chi connectivity index (χ2v) is 9.24. The molecule has 1 aliphatic carbocycles. The Labute approximate surface area is 191 Å². The van der Waals surface area contributed by atoms with Gasteiger partial charge in [0, 0.05) is 44.7 Å². The zero-order valence-corrected chi connectivity index (χ0v) is 18.8. The fraction of sp³-hybridized carbons (Fsp3) is 0.481. The van der Waals surface area contributed by atoms with Crippen LogP contribution in [0.5, 0.6) is 0 Å². The highest BCUT2D eigenvalue weighted by Crippen LogP contribution is 2.32. The second-order valence-electron chi connectivity index (χ2n) is 9.24. The molecule has 1 aliphatic heterocycles. The van der Waals surface area contributed by atoms with Crippen LogP contribution in [0.25, 0.3) is 0 Å². The Hall–Kier alpha value is -2.50. The molecule has 2 aromatic rings. The van der Waals surface area contributed by atoms with Crippen LogP contribution in [0.4, 0.5) is 0 Å². The predicted octanol–water partition coefficient (Wildman–Crippen LogP) is 4.58. The van der Waals surface area contributed by atoms with E-state index in [1.165, 1.54) is 43.2 Å². The molecule has 1 saturated carbocycles. The number of carboxylic acids is 1. The van der Waals surface area contributed by atoms with Crippen molar-refractivity contribution >= 4 is 11.8 Å². The minimum Gasteiger partial charge on any atom is -0.480 e. The average Bonchev–Trinajstić information content (AvgIpc) is 2.84. The Kier molecular flexibility index (Phi) is 7.72. The Morgan fingerprint density at radius 1 is 0.875 bits per heavy atom. The van der Waals surface area contributed by atoms with Crippen molar-refractivity contribution in [2.45, 2.75) is 57.0 Å². The van der Waals surface area contributed by atoms with Crippen molar-refractivity contribution in [1.29, 1.82) is 0 Å². The number of benzene rings is 2. The van der Waals surface area contributed by atoms with Crippen molar-refractivity contribution in [1.82, 2.24) is 9.80 Å². The number of carbonyl (C=O) groups is 2. The third-order valence-electron chi connectivity index (χ3n) is 7.07. The van der Waals surface area contributed by atoms with Gasteiger partial charge >= 0.3 is 5.97 Å². The van der Waals surface area contributed by atoms with Crippen LogP contribution in [0.1, 0.15) is 65.9 Å². The first-order chi connectivity index (χ1) is 15.6. The molecule has 1 N–H and O–H groups in total. The zero-order valence-electron chi connectivity index (χ0n) is 18.8. The Balaban J connectivity index is 1.32. The monoisotopic (exact) mass is 434 g/mol. The smallest absolute Gasteiger partial charge is 0.321 e. The maximum absolute atomic E-state index is 12.9. The minimum atomic E-state index is -0.909. The topological polar surface area (TPSA) is 60.9 Å². The van der Waals surface area contributed by atoms with Crippen LogP contribution >= 0.6 is 0 Å². The number of carbonyl (C=O) groups excluding carboxylic acids is 1. The Morgan fingerprint density at radius 3 is 2.16 bits per heavy atom. The van der Waals surface area contributed by atoms with Gasteiger partial charge in [-0.05, 0) is 29.9 Å². The summed E-state index contributed by atoms with van der Waals surface area (Å²) in [5.74, 6) is -0.389. The highest BCUT2D eigenvalue weighted by atomic mass is 16.4. The van der Waals surface area contributed by atoms with Crippen molar-refractivity contribution in [2.75, 3.05) is 26.2 Å². The molecule has 2 aromatic carbocycles. The van der Waals surface area contributed by atoms with E-state index in [0.717, 1.165) is 19.6 Å². The van der Waals surface area contributed by atoms with Crippen LogP contribution in [0.2, 0.25) is 0 Å². The van der Waals surface area contributed by atoms with Gasteiger partial charge in [-0.15, -0.1) is 0 Å². The molecule has 170 valence electrons. The molecule has 5 heteroatoms. The van der Waals surface area contributed by atoms with E-state index in [-0.39, 0.29) is 12.2 Å². The van der Waals surface area contributed by atoms with Gasteiger partial charge in [-0.3, -0.25) is 19.4 Å². The summed E-state index contributed by atoms with van der Waals surface area (Å²) in [5.41, 5.74) is 3.20. The molecule has 0 spiro atoms. The van der Waals surface area contributed by atoms with Gasteiger partial charge in [0.25, 0.3) is 0 Å². The van der Waals surface area contributed by atoms with Crippen LogP contribution in [-0.4, -0.2) is 58.9 Å². The minimum absolute atomic E-state index is 0.0246. The lowest BCUT2D eigenvalue weighted by atomic mass is 9.84. The number of piperazine rings is 1. The summed E-state index contributed by atoms with van der Waals surface area (Å²) in [5, 5.41) is 9.83. The largest absolute Gasteiger partial charge is 0.480 e. The average molecular weight is 435 g/mol. The van der Waals surface area contributed by atoms with Crippen LogP contribution < -0.4 is 0 Å². The Morgan fingerprint density at radius 2 is 1.53 bits per heavy atom. The second kappa shape index (κ2) is 10.9. The number of hydrogen-bond donors (Lipinski definition) is 1. The molecule has 2 aliphatic rings.